The van der Waals surface area contributed by atoms with E-state index in [0.717, 1.165) is 41.2 Å². The maximum Gasteiger partial charge on any atom is 0.228 e. The molecule has 0 aliphatic rings. The first kappa shape index (κ1) is 19.5. The number of anilines is 2. The molecule has 0 aromatic heterocycles. The van der Waals surface area contributed by atoms with Crippen molar-refractivity contribution in [2.75, 3.05) is 24.3 Å². The van der Waals surface area contributed by atoms with E-state index in [9.17, 15) is 4.79 Å². The maximum atomic E-state index is 12.2. The number of ether oxygens (including phenoxy) is 1. The molecular weight excluding hydrogens is 348 g/mol. The Morgan fingerprint density at radius 1 is 0.893 bits per heavy atom. The maximum absolute atomic E-state index is 12.2. The van der Waals surface area contributed by atoms with Gasteiger partial charge in [-0.2, -0.15) is 0 Å². The number of rotatable bonds is 8. The van der Waals surface area contributed by atoms with Crippen LogP contribution < -0.4 is 15.4 Å². The smallest absolute Gasteiger partial charge is 0.228 e. The molecule has 0 fully saturated rings. The summed E-state index contributed by atoms with van der Waals surface area (Å²) >= 11 is 0. The predicted molar refractivity (Wildman–Crippen MR) is 115 cm³/mol. The molecule has 0 aliphatic heterocycles. The lowest BCUT2D eigenvalue weighted by atomic mass is 10.1. The first-order valence-corrected chi connectivity index (χ1v) is 9.44. The van der Waals surface area contributed by atoms with Gasteiger partial charge in [0.2, 0.25) is 5.91 Å². The largest absolute Gasteiger partial charge is 0.497 e. The van der Waals surface area contributed by atoms with Crippen molar-refractivity contribution in [3.8, 4) is 5.75 Å². The van der Waals surface area contributed by atoms with E-state index in [2.05, 4.69) is 22.8 Å². The molecule has 4 heteroatoms. The summed E-state index contributed by atoms with van der Waals surface area (Å²) in [5.74, 6) is 0.868. The van der Waals surface area contributed by atoms with E-state index in [1.165, 1.54) is 5.56 Å². The van der Waals surface area contributed by atoms with Crippen LogP contribution in [0.15, 0.2) is 72.8 Å². The van der Waals surface area contributed by atoms with Crippen molar-refractivity contribution in [3.05, 3.63) is 89.5 Å². The van der Waals surface area contributed by atoms with Crippen LogP contribution in [-0.2, 0) is 17.6 Å². The van der Waals surface area contributed by atoms with Crippen LogP contribution in [0.3, 0.4) is 0 Å². The molecule has 1 amide bonds. The third kappa shape index (κ3) is 5.88. The van der Waals surface area contributed by atoms with Gasteiger partial charge in [0.1, 0.15) is 5.75 Å². The minimum absolute atomic E-state index is 0.00988. The zero-order chi connectivity index (χ0) is 19.8. The third-order valence-electron chi connectivity index (χ3n) is 4.49. The van der Waals surface area contributed by atoms with Gasteiger partial charge in [-0.3, -0.25) is 4.79 Å². The SMILES string of the molecule is COc1cccc(CCNc2ccc(NC(=O)Cc3cccc(C)c3)cc2)c1. The van der Waals surface area contributed by atoms with Crippen LogP contribution in [0.2, 0.25) is 0 Å². The van der Waals surface area contributed by atoms with E-state index in [1.54, 1.807) is 7.11 Å². The number of hydrogen-bond donors (Lipinski definition) is 2. The minimum Gasteiger partial charge on any atom is -0.497 e. The number of amides is 1. The quantitative estimate of drug-likeness (QED) is 0.593. The summed E-state index contributed by atoms with van der Waals surface area (Å²) in [4.78, 5) is 12.2. The molecule has 0 bridgehead atoms. The number of methoxy groups -OCH3 is 1. The van der Waals surface area contributed by atoms with E-state index in [1.807, 2.05) is 67.6 Å². The Labute approximate surface area is 166 Å². The summed E-state index contributed by atoms with van der Waals surface area (Å²) in [5, 5.41) is 6.35. The van der Waals surface area contributed by atoms with Crippen LogP contribution >= 0.6 is 0 Å². The van der Waals surface area contributed by atoms with Crippen molar-refractivity contribution < 1.29 is 9.53 Å². The molecule has 3 rings (SSSR count). The van der Waals surface area contributed by atoms with E-state index < -0.39 is 0 Å². The summed E-state index contributed by atoms with van der Waals surface area (Å²) in [6.45, 7) is 2.85. The zero-order valence-electron chi connectivity index (χ0n) is 16.4. The van der Waals surface area contributed by atoms with Crippen LogP contribution in [0.4, 0.5) is 11.4 Å². The van der Waals surface area contributed by atoms with Crippen molar-refractivity contribution in [1.29, 1.82) is 0 Å². The highest BCUT2D eigenvalue weighted by atomic mass is 16.5. The van der Waals surface area contributed by atoms with Gasteiger partial charge in [0.25, 0.3) is 0 Å². The van der Waals surface area contributed by atoms with Gasteiger partial charge in [-0.1, -0.05) is 42.0 Å². The molecule has 0 radical (unpaired) electrons. The Bertz CT molecular complexity index is 920. The van der Waals surface area contributed by atoms with Crippen LogP contribution in [0.25, 0.3) is 0 Å². The zero-order valence-corrected chi connectivity index (χ0v) is 16.4. The number of benzene rings is 3. The Balaban J connectivity index is 1.47. The molecule has 0 aliphatic carbocycles. The van der Waals surface area contributed by atoms with E-state index in [-0.39, 0.29) is 5.91 Å². The second-order valence-corrected chi connectivity index (χ2v) is 6.82. The Hall–Kier alpha value is -3.27. The summed E-state index contributed by atoms with van der Waals surface area (Å²) in [7, 11) is 1.68. The van der Waals surface area contributed by atoms with Gasteiger partial charge >= 0.3 is 0 Å². The topological polar surface area (TPSA) is 50.4 Å². The molecular formula is C24H26N2O2. The Morgan fingerprint density at radius 2 is 1.61 bits per heavy atom. The lowest BCUT2D eigenvalue weighted by Gasteiger charge is -2.10. The van der Waals surface area contributed by atoms with Gasteiger partial charge in [-0.25, -0.2) is 0 Å². The highest BCUT2D eigenvalue weighted by Crippen LogP contribution is 2.16. The highest BCUT2D eigenvalue weighted by Gasteiger charge is 2.04. The molecule has 4 nitrogen and oxygen atoms in total. The fraction of sp³-hybridized carbons (Fsp3) is 0.208. The highest BCUT2D eigenvalue weighted by molar-refractivity contribution is 5.92. The van der Waals surface area contributed by atoms with Crippen LogP contribution in [0, 0.1) is 6.92 Å². The summed E-state index contributed by atoms with van der Waals surface area (Å²) in [5.41, 5.74) is 5.24. The van der Waals surface area contributed by atoms with E-state index in [4.69, 9.17) is 4.74 Å². The first-order chi connectivity index (χ1) is 13.6. The summed E-state index contributed by atoms with van der Waals surface area (Å²) in [6, 6.07) is 23.9. The molecule has 28 heavy (non-hydrogen) atoms. The number of nitrogens with one attached hydrogen (secondary N) is 2. The van der Waals surface area contributed by atoms with Crippen molar-refractivity contribution in [2.45, 2.75) is 19.8 Å². The van der Waals surface area contributed by atoms with E-state index in [0.29, 0.717) is 6.42 Å². The van der Waals surface area contributed by atoms with Crippen molar-refractivity contribution in [3.63, 3.8) is 0 Å². The molecule has 0 spiro atoms. The van der Waals surface area contributed by atoms with E-state index >= 15 is 0 Å². The molecule has 144 valence electrons. The second kappa shape index (κ2) is 9.60. The van der Waals surface area contributed by atoms with Crippen LogP contribution in [0.5, 0.6) is 5.75 Å². The fourth-order valence-corrected chi connectivity index (χ4v) is 3.06. The first-order valence-electron chi connectivity index (χ1n) is 9.44. The standard InChI is InChI=1S/C24H26N2O2/c1-18-5-3-7-20(15-18)17-24(27)26-22-11-9-21(10-12-22)25-14-13-19-6-4-8-23(16-19)28-2/h3-12,15-16,25H,13-14,17H2,1-2H3,(H,26,27). The van der Waals surface area contributed by atoms with Crippen molar-refractivity contribution in [2.24, 2.45) is 0 Å². The molecule has 3 aromatic carbocycles. The van der Waals surface area contributed by atoms with Crippen LogP contribution in [-0.4, -0.2) is 19.6 Å². The van der Waals surface area contributed by atoms with Gasteiger partial charge in [-0.15, -0.1) is 0 Å². The van der Waals surface area contributed by atoms with Gasteiger partial charge < -0.3 is 15.4 Å². The molecule has 0 saturated heterocycles. The fourth-order valence-electron chi connectivity index (χ4n) is 3.06. The third-order valence-corrected chi connectivity index (χ3v) is 4.49. The molecule has 0 unspecified atom stereocenters. The lowest BCUT2D eigenvalue weighted by Crippen LogP contribution is -2.14. The average Bonchev–Trinajstić information content (AvgIpc) is 2.69. The minimum atomic E-state index is -0.00988. The summed E-state index contributed by atoms with van der Waals surface area (Å²) < 4.78 is 5.25. The second-order valence-electron chi connectivity index (χ2n) is 6.82. The predicted octanol–water partition coefficient (Wildman–Crippen LogP) is 4.84. The molecule has 0 atom stereocenters. The molecule has 0 heterocycles. The van der Waals surface area contributed by atoms with Crippen LogP contribution in [0.1, 0.15) is 16.7 Å². The lowest BCUT2D eigenvalue weighted by molar-refractivity contribution is -0.115. The van der Waals surface area contributed by atoms with Gasteiger partial charge in [0, 0.05) is 17.9 Å². The average molecular weight is 374 g/mol. The van der Waals surface area contributed by atoms with Gasteiger partial charge in [0.05, 0.1) is 13.5 Å². The number of carbonyl (C=O) groups is 1. The Morgan fingerprint density at radius 3 is 2.36 bits per heavy atom. The monoisotopic (exact) mass is 374 g/mol. The van der Waals surface area contributed by atoms with Gasteiger partial charge in [-0.05, 0) is 60.9 Å². The summed E-state index contributed by atoms with van der Waals surface area (Å²) in [6.07, 6.45) is 1.29. The van der Waals surface area contributed by atoms with Crippen molar-refractivity contribution >= 4 is 17.3 Å². The molecule has 0 saturated carbocycles. The Kier molecular flexibility index (Phi) is 6.68. The van der Waals surface area contributed by atoms with Crippen molar-refractivity contribution in [1.82, 2.24) is 0 Å². The normalized spacial score (nSPS) is 10.4. The number of carbonyl (C=O) groups excluding carboxylic acids is 1. The number of hydrogen-bond acceptors (Lipinski definition) is 3. The molecule has 3 aromatic rings. The molecule has 2 N–H and O–H groups in total. The van der Waals surface area contributed by atoms with Gasteiger partial charge in [0.15, 0.2) is 0 Å². The number of aryl methyl sites for hydroxylation is 1.